The number of carbonyl (C=O) groups is 1. The van der Waals surface area contributed by atoms with E-state index in [2.05, 4.69) is 20.9 Å². The molecule has 0 aliphatic heterocycles. The maximum atomic E-state index is 10.8. The van der Waals surface area contributed by atoms with Crippen LogP contribution in [0.4, 0.5) is 0 Å². The minimum Gasteiger partial charge on any atom is -0.475 e. The van der Waals surface area contributed by atoms with Crippen LogP contribution < -0.4 is 0 Å². The topological polar surface area (TPSA) is 63.3 Å². The molecule has 0 radical (unpaired) electrons. The number of nitrogens with zero attached hydrogens (tertiary/aromatic N) is 1. The van der Waals surface area contributed by atoms with Crippen molar-refractivity contribution in [1.82, 2.24) is 4.98 Å². The van der Waals surface area contributed by atoms with E-state index >= 15 is 0 Å². The summed E-state index contributed by atoms with van der Waals surface area (Å²) < 4.78 is 6.16. The van der Waals surface area contributed by atoms with Gasteiger partial charge in [-0.1, -0.05) is 22.0 Å². The lowest BCUT2D eigenvalue weighted by Crippen LogP contribution is -1.95. The molecule has 5 heteroatoms. The molecule has 1 aromatic carbocycles. The lowest BCUT2D eigenvalue weighted by Gasteiger charge is -1.99. The maximum Gasteiger partial charge on any atom is 0.373 e. The van der Waals surface area contributed by atoms with Crippen LogP contribution in [-0.2, 0) is 0 Å². The molecule has 0 atom stereocenters. The van der Waals surface area contributed by atoms with Crippen molar-refractivity contribution in [2.45, 2.75) is 13.8 Å². The van der Waals surface area contributed by atoms with E-state index in [0.29, 0.717) is 11.6 Å². The van der Waals surface area contributed by atoms with Gasteiger partial charge in [0.15, 0.2) is 0 Å². The second-order valence-electron chi connectivity index (χ2n) is 3.70. The van der Waals surface area contributed by atoms with E-state index in [1.165, 1.54) is 0 Å². The number of aryl methyl sites for hydroxylation is 2. The van der Waals surface area contributed by atoms with E-state index in [9.17, 15) is 4.79 Å². The molecule has 0 aliphatic rings. The molecule has 0 saturated carbocycles. The molecule has 0 unspecified atom stereocenters. The Kier molecular flexibility index (Phi) is 3.02. The van der Waals surface area contributed by atoms with Gasteiger partial charge in [-0.3, -0.25) is 0 Å². The van der Waals surface area contributed by atoms with Gasteiger partial charge in [0.05, 0.1) is 5.69 Å². The molecule has 1 N–H and O–H groups in total. The lowest BCUT2D eigenvalue weighted by molar-refractivity contribution is 0.0662. The van der Waals surface area contributed by atoms with Crippen molar-refractivity contribution in [3.63, 3.8) is 0 Å². The first-order valence-electron chi connectivity index (χ1n) is 4.96. The Labute approximate surface area is 106 Å². The van der Waals surface area contributed by atoms with E-state index < -0.39 is 5.97 Å². The third kappa shape index (κ3) is 2.24. The fraction of sp³-hybridized carbons (Fsp3) is 0.167. The van der Waals surface area contributed by atoms with Gasteiger partial charge in [-0.25, -0.2) is 9.78 Å². The van der Waals surface area contributed by atoms with Crippen LogP contribution >= 0.6 is 15.9 Å². The lowest BCUT2D eigenvalue weighted by atomic mass is 10.1. The molecule has 17 heavy (non-hydrogen) atoms. The largest absolute Gasteiger partial charge is 0.475 e. The molecule has 0 saturated heterocycles. The molecule has 88 valence electrons. The molecule has 0 bridgehead atoms. The third-order valence-corrected chi connectivity index (χ3v) is 3.26. The summed E-state index contributed by atoms with van der Waals surface area (Å²) in [7, 11) is 0. The number of aromatic carboxylic acids is 1. The van der Waals surface area contributed by atoms with Crippen molar-refractivity contribution in [2.24, 2.45) is 0 Å². The number of rotatable bonds is 2. The van der Waals surface area contributed by atoms with Crippen molar-refractivity contribution in [1.29, 1.82) is 0 Å². The summed E-state index contributed by atoms with van der Waals surface area (Å²) in [5.74, 6) is -0.898. The van der Waals surface area contributed by atoms with Crippen molar-refractivity contribution in [2.75, 3.05) is 0 Å². The van der Waals surface area contributed by atoms with Crippen molar-refractivity contribution < 1.29 is 14.3 Å². The van der Waals surface area contributed by atoms with Gasteiger partial charge in [0, 0.05) is 10.0 Å². The number of hydrogen-bond donors (Lipinski definition) is 1. The average Bonchev–Trinajstić information content (AvgIpc) is 2.64. The molecule has 4 nitrogen and oxygen atoms in total. The van der Waals surface area contributed by atoms with Crippen molar-refractivity contribution >= 4 is 21.9 Å². The zero-order chi connectivity index (χ0) is 12.6. The number of carboxylic acid groups (broad SMARTS) is 1. The summed E-state index contributed by atoms with van der Waals surface area (Å²) >= 11 is 3.41. The van der Waals surface area contributed by atoms with Crippen LogP contribution in [0.25, 0.3) is 11.5 Å². The number of carboxylic acids is 1. The molecule has 2 rings (SSSR count). The van der Waals surface area contributed by atoms with Crippen LogP contribution in [0.1, 0.15) is 21.8 Å². The third-order valence-electron chi connectivity index (χ3n) is 2.41. The highest BCUT2D eigenvalue weighted by atomic mass is 79.9. The van der Waals surface area contributed by atoms with E-state index in [0.717, 1.165) is 15.6 Å². The predicted molar refractivity (Wildman–Crippen MR) is 66.1 cm³/mol. The SMILES string of the molecule is Cc1ccc(-c2nc(C)c(C(=O)O)o2)cc1Br. The molecule has 0 amide bonds. The van der Waals surface area contributed by atoms with Gasteiger partial charge in [0.2, 0.25) is 11.7 Å². The molecular weight excluding hydrogens is 286 g/mol. The number of hydrogen-bond acceptors (Lipinski definition) is 3. The smallest absolute Gasteiger partial charge is 0.373 e. The molecule has 1 aromatic heterocycles. The molecule has 1 heterocycles. The fourth-order valence-electron chi connectivity index (χ4n) is 1.44. The summed E-state index contributed by atoms with van der Waals surface area (Å²) in [5, 5.41) is 8.88. The Bertz CT molecular complexity index is 589. The molecule has 0 spiro atoms. The predicted octanol–water partition coefficient (Wildman–Crippen LogP) is 3.42. The van der Waals surface area contributed by atoms with Gasteiger partial charge in [-0.05, 0) is 31.5 Å². The molecule has 2 aromatic rings. The monoisotopic (exact) mass is 295 g/mol. The van der Waals surface area contributed by atoms with Gasteiger partial charge >= 0.3 is 5.97 Å². The van der Waals surface area contributed by atoms with Crippen LogP contribution in [0, 0.1) is 13.8 Å². The van der Waals surface area contributed by atoms with E-state index in [1.807, 2.05) is 25.1 Å². The quantitative estimate of drug-likeness (QED) is 0.922. The van der Waals surface area contributed by atoms with Crippen LogP contribution in [0.2, 0.25) is 0 Å². The second kappa shape index (κ2) is 4.33. The highest BCUT2D eigenvalue weighted by Gasteiger charge is 2.17. The van der Waals surface area contributed by atoms with Crippen LogP contribution in [0.5, 0.6) is 0 Å². The van der Waals surface area contributed by atoms with E-state index in [-0.39, 0.29) is 5.76 Å². The summed E-state index contributed by atoms with van der Waals surface area (Å²) in [4.78, 5) is 14.9. The van der Waals surface area contributed by atoms with E-state index in [4.69, 9.17) is 9.52 Å². The highest BCUT2D eigenvalue weighted by molar-refractivity contribution is 9.10. The first-order valence-corrected chi connectivity index (χ1v) is 5.75. The number of benzene rings is 1. The van der Waals surface area contributed by atoms with Gasteiger partial charge in [0.1, 0.15) is 0 Å². The summed E-state index contributed by atoms with van der Waals surface area (Å²) in [6, 6.07) is 5.61. The Morgan fingerprint density at radius 3 is 2.65 bits per heavy atom. The van der Waals surface area contributed by atoms with Crippen LogP contribution in [0.15, 0.2) is 27.1 Å². The summed E-state index contributed by atoms with van der Waals surface area (Å²) in [6.45, 7) is 3.58. The number of oxazole rings is 1. The minimum atomic E-state index is -1.10. The Morgan fingerprint density at radius 2 is 2.12 bits per heavy atom. The van der Waals surface area contributed by atoms with Crippen molar-refractivity contribution in [3.8, 4) is 11.5 Å². The van der Waals surface area contributed by atoms with Crippen LogP contribution in [-0.4, -0.2) is 16.1 Å². The van der Waals surface area contributed by atoms with Gasteiger partial charge in [0.25, 0.3) is 0 Å². The zero-order valence-electron chi connectivity index (χ0n) is 9.32. The standard InChI is InChI=1S/C12H10BrNO3/c1-6-3-4-8(5-9(6)13)11-14-7(2)10(17-11)12(15)16/h3-5H,1-2H3,(H,15,16). The summed E-state index contributed by atoms with van der Waals surface area (Å²) in [5.41, 5.74) is 2.22. The second-order valence-corrected chi connectivity index (χ2v) is 4.56. The van der Waals surface area contributed by atoms with Crippen molar-refractivity contribution in [3.05, 3.63) is 39.7 Å². The summed E-state index contributed by atoms with van der Waals surface area (Å²) in [6.07, 6.45) is 0. The van der Waals surface area contributed by atoms with Gasteiger partial charge < -0.3 is 9.52 Å². The molecule has 0 aliphatic carbocycles. The highest BCUT2D eigenvalue weighted by Crippen LogP contribution is 2.26. The Balaban J connectivity index is 2.50. The molecule has 0 fully saturated rings. The van der Waals surface area contributed by atoms with Crippen LogP contribution in [0.3, 0.4) is 0 Å². The first-order chi connectivity index (χ1) is 7.99. The molecular formula is C12H10BrNO3. The van der Waals surface area contributed by atoms with E-state index in [1.54, 1.807) is 6.92 Å². The average molecular weight is 296 g/mol. The van der Waals surface area contributed by atoms with Gasteiger partial charge in [-0.2, -0.15) is 0 Å². The number of halogens is 1. The zero-order valence-corrected chi connectivity index (χ0v) is 10.9. The normalized spacial score (nSPS) is 10.5. The Morgan fingerprint density at radius 1 is 1.41 bits per heavy atom. The van der Waals surface area contributed by atoms with Gasteiger partial charge in [-0.15, -0.1) is 0 Å². The minimum absolute atomic E-state index is 0.114. The first kappa shape index (κ1) is 11.9. The Hall–Kier alpha value is -1.62. The maximum absolute atomic E-state index is 10.8. The fourth-order valence-corrected chi connectivity index (χ4v) is 1.82. The number of aromatic nitrogens is 1.